The van der Waals surface area contributed by atoms with E-state index in [2.05, 4.69) is 5.32 Å². The van der Waals surface area contributed by atoms with Gasteiger partial charge in [0.15, 0.2) is 0 Å². The lowest BCUT2D eigenvalue weighted by Crippen LogP contribution is -2.17. The van der Waals surface area contributed by atoms with Gasteiger partial charge in [0.2, 0.25) is 0 Å². The molecule has 96 valence electrons. The Morgan fingerprint density at radius 1 is 1.56 bits per heavy atom. The van der Waals surface area contributed by atoms with Crippen LogP contribution >= 0.6 is 0 Å². The predicted molar refractivity (Wildman–Crippen MR) is 65.5 cm³/mol. The zero-order valence-electron chi connectivity index (χ0n) is 10.2. The van der Waals surface area contributed by atoms with Gasteiger partial charge < -0.3 is 10.1 Å². The monoisotopic (exact) mass is 250 g/mol. The minimum Gasteiger partial charge on any atom is -0.464 e. The van der Waals surface area contributed by atoms with Gasteiger partial charge in [-0.05, 0) is 24.6 Å². The van der Waals surface area contributed by atoms with Gasteiger partial charge in [-0.2, -0.15) is 5.26 Å². The van der Waals surface area contributed by atoms with Gasteiger partial charge in [-0.3, -0.25) is 4.79 Å². The average Bonchev–Trinajstić information content (AvgIpc) is 2.37. The molecule has 1 aromatic rings. The van der Waals surface area contributed by atoms with Crippen LogP contribution in [0.3, 0.4) is 0 Å². The summed E-state index contributed by atoms with van der Waals surface area (Å²) < 4.78 is 17.8. The zero-order valence-corrected chi connectivity index (χ0v) is 10.2. The quantitative estimate of drug-likeness (QED) is 0.622. The van der Waals surface area contributed by atoms with E-state index in [0.717, 1.165) is 18.9 Å². The van der Waals surface area contributed by atoms with Crippen LogP contribution < -0.4 is 5.32 Å². The number of nitriles is 1. The Morgan fingerprint density at radius 2 is 2.33 bits per heavy atom. The largest absolute Gasteiger partial charge is 0.464 e. The highest BCUT2D eigenvalue weighted by Crippen LogP contribution is 2.15. The van der Waals surface area contributed by atoms with Crippen molar-refractivity contribution in [1.29, 1.82) is 5.26 Å². The lowest BCUT2D eigenvalue weighted by atomic mass is 10.2. The molecule has 0 fully saturated rings. The maximum atomic E-state index is 12.9. The highest BCUT2D eigenvalue weighted by Gasteiger charge is 2.06. The molecule has 0 heterocycles. The molecule has 1 rings (SSSR count). The molecule has 4 nitrogen and oxygen atoms in total. The zero-order chi connectivity index (χ0) is 13.4. The number of esters is 1. The number of carbonyl (C=O) groups excluding carboxylic acids is 1. The van der Waals surface area contributed by atoms with Crippen LogP contribution in [0.1, 0.15) is 25.3 Å². The average molecular weight is 250 g/mol. The summed E-state index contributed by atoms with van der Waals surface area (Å²) in [6.45, 7) is 2.36. The summed E-state index contributed by atoms with van der Waals surface area (Å²) in [4.78, 5) is 11.3. The van der Waals surface area contributed by atoms with Gasteiger partial charge in [0.05, 0.1) is 17.9 Å². The molecule has 0 amide bonds. The van der Waals surface area contributed by atoms with Crippen molar-refractivity contribution in [3.8, 4) is 6.07 Å². The van der Waals surface area contributed by atoms with E-state index in [9.17, 15) is 9.18 Å². The highest BCUT2D eigenvalue weighted by molar-refractivity contribution is 5.75. The van der Waals surface area contributed by atoms with Crippen LogP contribution in [-0.4, -0.2) is 19.1 Å². The molecule has 0 saturated heterocycles. The molecule has 0 atom stereocenters. The lowest BCUT2D eigenvalue weighted by molar-refractivity contribution is -0.141. The van der Waals surface area contributed by atoms with Crippen LogP contribution in [0.25, 0.3) is 0 Å². The number of benzene rings is 1. The topological polar surface area (TPSA) is 62.1 Å². The molecular formula is C13H15FN2O2. The van der Waals surface area contributed by atoms with Gasteiger partial charge in [-0.1, -0.05) is 13.3 Å². The molecule has 0 aliphatic carbocycles. The van der Waals surface area contributed by atoms with E-state index in [0.29, 0.717) is 12.3 Å². The Bertz CT molecular complexity index is 455. The number of anilines is 1. The maximum absolute atomic E-state index is 12.9. The summed E-state index contributed by atoms with van der Waals surface area (Å²) in [5, 5.41) is 11.6. The third-order valence-corrected chi connectivity index (χ3v) is 2.29. The van der Waals surface area contributed by atoms with Gasteiger partial charge in [-0.15, -0.1) is 0 Å². The van der Waals surface area contributed by atoms with E-state index in [-0.39, 0.29) is 12.1 Å². The molecule has 0 radical (unpaired) electrons. The summed E-state index contributed by atoms with van der Waals surface area (Å²) in [6.07, 6.45) is 1.78. The molecule has 0 saturated carbocycles. The van der Waals surface area contributed by atoms with Gasteiger partial charge in [0, 0.05) is 0 Å². The number of hydrogen-bond acceptors (Lipinski definition) is 4. The second kappa shape index (κ2) is 7.28. The molecule has 0 spiro atoms. The first-order chi connectivity index (χ1) is 8.67. The van der Waals surface area contributed by atoms with Crippen molar-refractivity contribution in [3.05, 3.63) is 29.6 Å². The number of carbonyl (C=O) groups is 1. The second-order valence-corrected chi connectivity index (χ2v) is 3.73. The highest BCUT2D eigenvalue weighted by atomic mass is 19.1. The first-order valence-electron chi connectivity index (χ1n) is 5.76. The Balaban J connectivity index is 2.48. The van der Waals surface area contributed by atoms with Crippen LogP contribution in [-0.2, 0) is 9.53 Å². The Morgan fingerprint density at radius 3 is 3.00 bits per heavy atom. The van der Waals surface area contributed by atoms with Crippen LogP contribution in [0.2, 0.25) is 0 Å². The van der Waals surface area contributed by atoms with Crippen LogP contribution in [0.5, 0.6) is 0 Å². The standard InChI is InChI=1S/C13H15FN2O2/c1-2-3-6-18-13(17)9-16-12-5-4-11(14)7-10(12)8-15/h4-5,7,16H,2-3,6,9H2,1H3. The van der Waals surface area contributed by atoms with Crippen molar-refractivity contribution in [2.24, 2.45) is 0 Å². The molecule has 0 aliphatic heterocycles. The first-order valence-corrected chi connectivity index (χ1v) is 5.76. The summed E-state index contributed by atoms with van der Waals surface area (Å²) in [6, 6.07) is 5.63. The molecule has 0 unspecified atom stereocenters. The van der Waals surface area contributed by atoms with Crippen molar-refractivity contribution >= 4 is 11.7 Å². The molecule has 0 aliphatic rings. The molecule has 0 aromatic heterocycles. The van der Waals surface area contributed by atoms with Crippen molar-refractivity contribution in [3.63, 3.8) is 0 Å². The fourth-order valence-electron chi connectivity index (χ4n) is 1.31. The number of unbranched alkanes of at least 4 members (excludes halogenated alkanes) is 1. The Labute approximate surface area is 105 Å². The summed E-state index contributed by atoms with van der Waals surface area (Å²) >= 11 is 0. The van der Waals surface area contributed by atoms with E-state index in [4.69, 9.17) is 10.00 Å². The van der Waals surface area contributed by atoms with Crippen LogP contribution in [0.15, 0.2) is 18.2 Å². The third kappa shape index (κ3) is 4.42. The Hall–Kier alpha value is -2.09. The molecule has 1 N–H and O–H groups in total. The fraction of sp³-hybridized carbons (Fsp3) is 0.385. The van der Waals surface area contributed by atoms with Gasteiger partial charge in [0.1, 0.15) is 18.4 Å². The Kier molecular flexibility index (Phi) is 5.65. The summed E-state index contributed by atoms with van der Waals surface area (Å²) in [7, 11) is 0. The minimum absolute atomic E-state index is 0.0377. The first kappa shape index (κ1) is 14.0. The van der Waals surface area contributed by atoms with E-state index in [1.165, 1.54) is 12.1 Å². The minimum atomic E-state index is -0.484. The van der Waals surface area contributed by atoms with Crippen molar-refractivity contribution in [1.82, 2.24) is 0 Å². The predicted octanol–water partition coefficient (Wildman–Crippen LogP) is 2.45. The number of nitrogens with zero attached hydrogens (tertiary/aromatic N) is 1. The number of rotatable bonds is 6. The smallest absolute Gasteiger partial charge is 0.325 e. The van der Waals surface area contributed by atoms with E-state index >= 15 is 0 Å². The van der Waals surface area contributed by atoms with Crippen LogP contribution in [0.4, 0.5) is 10.1 Å². The maximum Gasteiger partial charge on any atom is 0.325 e. The molecule has 18 heavy (non-hydrogen) atoms. The third-order valence-electron chi connectivity index (χ3n) is 2.29. The van der Waals surface area contributed by atoms with Crippen molar-refractivity contribution < 1.29 is 13.9 Å². The number of hydrogen-bond donors (Lipinski definition) is 1. The van der Waals surface area contributed by atoms with E-state index < -0.39 is 11.8 Å². The second-order valence-electron chi connectivity index (χ2n) is 3.73. The van der Waals surface area contributed by atoms with Gasteiger partial charge in [-0.25, -0.2) is 4.39 Å². The lowest BCUT2D eigenvalue weighted by Gasteiger charge is -2.08. The number of nitrogens with one attached hydrogen (secondary N) is 1. The van der Waals surface area contributed by atoms with Gasteiger partial charge in [0.25, 0.3) is 0 Å². The number of ether oxygens (including phenoxy) is 1. The SMILES string of the molecule is CCCCOC(=O)CNc1ccc(F)cc1C#N. The van der Waals surface area contributed by atoms with Gasteiger partial charge >= 0.3 is 5.97 Å². The van der Waals surface area contributed by atoms with Crippen molar-refractivity contribution in [2.45, 2.75) is 19.8 Å². The molecule has 0 bridgehead atoms. The summed E-state index contributed by atoms with van der Waals surface area (Å²) in [5.74, 6) is -0.876. The van der Waals surface area contributed by atoms with E-state index in [1.807, 2.05) is 13.0 Å². The molecular weight excluding hydrogens is 235 g/mol. The molecule has 5 heteroatoms. The number of halogens is 1. The fourth-order valence-corrected chi connectivity index (χ4v) is 1.31. The normalized spacial score (nSPS) is 9.61. The van der Waals surface area contributed by atoms with E-state index in [1.54, 1.807) is 0 Å². The van der Waals surface area contributed by atoms with Crippen molar-refractivity contribution in [2.75, 3.05) is 18.5 Å². The molecule has 1 aromatic carbocycles. The summed E-state index contributed by atoms with van der Waals surface area (Å²) in [5.41, 5.74) is 0.586. The van der Waals surface area contributed by atoms with Crippen LogP contribution in [0, 0.1) is 17.1 Å².